The number of hydrogen-bond donors (Lipinski definition) is 3. The molecule has 0 aromatic heterocycles. The summed E-state index contributed by atoms with van der Waals surface area (Å²) >= 11 is 0. The summed E-state index contributed by atoms with van der Waals surface area (Å²) in [4.78, 5) is 0. The lowest BCUT2D eigenvalue weighted by Crippen LogP contribution is -2.63. The molecule has 198 valence electrons. The fourth-order valence-electron chi connectivity index (χ4n) is 10.3. The van der Waals surface area contributed by atoms with Crippen LogP contribution in [0.4, 0.5) is 0 Å². The fraction of sp³-hybridized carbons (Fsp3) is 0.935. The van der Waals surface area contributed by atoms with Gasteiger partial charge < -0.3 is 15.3 Å². The molecule has 3 heteroatoms. The Bertz CT molecular complexity index is 724. The van der Waals surface area contributed by atoms with Crippen LogP contribution in [0.3, 0.4) is 0 Å². The molecule has 0 aromatic rings. The molecule has 34 heavy (non-hydrogen) atoms. The summed E-state index contributed by atoms with van der Waals surface area (Å²) in [6, 6.07) is 0. The Morgan fingerprint density at radius 2 is 1.65 bits per heavy atom. The van der Waals surface area contributed by atoms with Crippen LogP contribution in [0.5, 0.6) is 0 Å². The first-order chi connectivity index (χ1) is 15.8. The maximum absolute atomic E-state index is 11.6. The van der Waals surface area contributed by atoms with Crippen molar-refractivity contribution in [3.8, 4) is 0 Å². The van der Waals surface area contributed by atoms with Gasteiger partial charge in [-0.05, 0) is 124 Å². The second-order valence-corrected chi connectivity index (χ2v) is 13.6. The van der Waals surface area contributed by atoms with Gasteiger partial charge in [0.05, 0.1) is 17.8 Å². The second-order valence-electron chi connectivity index (χ2n) is 13.6. The molecule has 4 fully saturated rings. The molecule has 0 heterocycles. The molecule has 0 amide bonds. The van der Waals surface area contributed by atoms with Crippen LogP contribution >= 0.6 is 0 Å². The average Bonchev–Trinajstić information content (AvgIpc) is 3.22. The van der Waals surface area contributed by atoms with Crippen LogP contribution in [-0.2, 0) is 0 Å². The van der Waals surface area contributed by atoms with Crippen molar-refractivity contribution in [3.63, 3.8) is 0 Å². The van der Waals surface area contributed by atoms with Crippen LogP contribution in [-0.4, -0.2) is 33.1 Å². The van der Waals surface area contributed by atoms with Crippen LogP contribution in [0, 0.1) is 52.3 Å². The first-order valence-corrected chi connectivity index (χ1v) is 14.5. The van der Waals surface area contributed by atoms with Gasteiger partial charge in [-0.2, -0.15) is 0 Å². The van der Waals surface area contributed by atoms with Gasteiger partial charge in [0.15, 0.2) is 0 Å². The van der Waals surface area contributed by atoms with Crippen molar-refractivity contribution in [2.75, 3.05) is 0 Å². The standard InChI is InChI=1S/C29H50O3.C2H6/c1-17(2)9-8-13-29(7,32)21-11-10-20-25(21)23(31)15-24-27(5)14-12-22(30)19(4)26(27)18(3)16-28(20,24)6;1-2/h9,18-26,30-32H,8,10-16H2,1-7H3;1-2H3. The molecule has 4 aliphatic carbocycles. The Morgan fingerprint density at radius 3 is 2.26 bits per heavy atom. The van der Waals surface area contributed by atoms with Crippen molar-refractivity contribution in [1.82, 2.24) is 0 Å². The van der Waals surface area contributed by atoms with E-state index in [0.29, 0.717) is 29.6 Å². The first kappa shape index (κ1) is 28.2. The predicted molar refractivity (Wildman–Crippen MR) is 142 cm³/mol. The number of aliphatic hydroxyl groups is 3. The molecule has 0 bridgehead atoms. The molecule has 0 radical (unpaired) electrons. The largest absolute Gasteiger partial charge is 0.393 e. The SMILES string of the molecule is CC.CC(C)=CCCC(C)(O)C1CCC2C1C(O)CC1C2(C)CC(C)C2C(C)C(O)CCC21C. The van der Waals surface area contributed by atoms with Gasteiger partial charge >= 0.3 is 0 Å². The van der Waals surface area contributed by atoms with E-state index < -0.39 is 5.60 Å². The molecule has 0 spiro atoms. The predicted octanol–water partition coefficient (Wildman–Crippen LogP) is 6.99. The maximum Gasteiger partial charge on any atom is 0.0654 e. The average molecular weight is 477 g/mol. The molecule has 3 N–H and O–H groups in total. The number of fused-ring (bicyclic) bond motifs is 5. The van der Waals surface area contributed by atoms with E-state index in [9.17, 15) is 15.3 Å². The van der Waals surface area contributed by atoms with Crippen molar-refractivity contribution < 1.29 is 15.3 Å². The van der Waals surface area contributed by atoms with Gasteiger partial charge in [-0.3, -0.25) is 0 Å². The van der Waals surface area contributed by atoms with Crippen LogP contribution in [0.2, 0.25) is 0 Å². The smallest absolute Gasteiger partial charge is 0.0654 e. The summed E-state index contributed by atoms with van der Waals surface area (Å²) in [5.74, 6) is 2.90. The van der Waals surface area contributed by atoms with E-state index in [4.69, 9.17) is 0 Å². The third-order valence-electron chi connectivity index (χ3n) is 11.4. The highest BCUT2D eigenvalue weighted by Crippen LogP contribution is 2.71. The van der Waals surface area contributed by atoms with E-state index in [1.54, 1.807) is 0 Å². The molecule has 4 saturated carbocycles. The third kappa shape index (κ3) is 4.56. The topological polar surface area (TPSA) is 60.7 Å². The van der Waals surface area contributed by atoms with Gasteiger partial charge in [-0.25, -0.2) is 0 Å². The van der Waals surface area contributed by atoms with Crippen LogP contribution in [0.15, 0.2) is 11.6 Å². The highest BCUT2D eigenvalue weighted by Gasteiger charge is 2.67. The lowest BCUT2D eigenvalue weighted by atomic mass is 9.38. The Balaban J connectivity index is 0.00000158. The van der Waals surface area contributed by atoms with Gasteiger partial charge in [0.1, 0.15) is 0 Å². The third-order valence-corrected chi connectivity index (χ3v) is 11.4. The van der Waals surface area contributed by atoms with E-state index in [1.807, 2.05) is 20.8 Å². The molecule has 4 aliphatic rings. The highest BCUT2D eigenvalue weighted by molar-refractivity contribution is 5.16. The Kier molecular flexibility index (Phi) is 8.44. The van der Waals surface area contributed by atoms with Gasteiger partial charge in [0.2, 0.25) is 0 Å². The second kappa shape index (κ2) is 10.2. The summed E-state index contributed by atoms with van der Waals surface area (Å²) in [5, 5.41) is 33.8. The van der Waals surface area contributed by atoms with Crippen molar-refractivity contribution in [3.05, 3.63) is 11.6 Å². The lowest BCUT2D eigenvalue weighted by Gasteiger charge is -2.67. The zero-order valence-electron chi connectivity index (χ0n) is 23.8. The molecule has 0 saturated heterocycles. The molecular formula is C31H56O3. The maximum atomic E-state index is 11.6. The quantitative estimate of drug-likeness (QED) is 0.383. The Labute approximate surface area is 210 Å². The van der Waals surface area contributed by atoms with E-state index >= 15 is 0 Å². The number of rotatable bonds is 4. The zero-order valence-corrected chi connectivity index (χ0v) is 23.8. The minimum absolute atomic E-state index is 0.173. The summed E-state index contributed by atoms with van der Waals surface area (Å²) in [5.41, 5.74) is 1.01. The van der Waals surface area contributed by atoms with Crippen LogP contribution in [0.1, 0.15) is 114 Å². The van der Waals surface area contributed by atoms with Gasteiger partial charge in [-0.1, -0.05) is 53.2 Å². The molecule has 12 atom stereocenters. The van der Waals surface area contributed by atoms with E-state index in [-0.39, 0.29) is 34.9 Å². The van der Waals surface area contributed by atoms with E-state index in [2.05, 4.69) is 47.6 Å². The van der Waals surface area contributed by atoms with Crippen molar-refractivity contribution in [2.45, 2.75) is 131 Å². The monoisotopic (exact) mass is 476 g/mol. The normalized spacial score (nSPS) is 49.5. The number of allylic oxidation sites excluding steroid dienone is 2. The van der Waals surface area contributed by atoms with Crippen molar-refractivity contribution in [1.29, 1.82) is 0 Å². The van der Waals surface area contributed by atoms with Crippen molar-refractivity contribution in [2.24, 2.45) is 52.3 Å². The highest BCUT2D eigenvalue weighted by atomic mass is 16.3. The first-order valence-electron chi connectivity index (χ1n) is 14.5. The summed E-state index contributed by atoms with van der Waals surface area (Å²) in [6.45, 7) is 20.0. The van der Waals surface area contributed by atoms with Crippen molar-refractivity contribution >= 4 is 0 Å². The Morgan fingerprint density at radius 1 is 1.00 bits per heavy atom. The number of aliphatic hydroxyl groups excluding tert-OH is 2. The summed E-state index contributed by atoms with van der Waals surface area (Å²) in [7, 11) is 0. The molecular weight excluding hydrogens is 420 g/mol. The molecule has 0 aliphatic heterocycles. The van der Waals surface area contributed by atoms with Gasteiger partial charge in [0.25, 0.3) is 0 Å². The van der Waals surface area contributed by atoms with E-state index in [1.165, 1.54) is 12.0 Å². The minimum atomic E-state index is -0.717. The van der Waals surface area contributed by atoms with E-state index in [0.717, 1.165) is 44.9 Å². The fourth-order valence-corrected chi connectivity index (χ4v) is 10.3. The molecule has 3 nitrogen and oxygen atoms in total. The lowest BCUT2D eigenvalue weighted by molar-refractivity contribution is -0.218. The van der Waals surface area contributed by atoms with Crippen LogP contribution < -0.4 is 0 Å². The molecule has 4 rings (SSSR count). The van der Waals surface area contributed by atoms with Gasteiger partial charge in [0, 0.05) is 0 Å². The molecule has 0 aromatic carbocycles. The number of hydrogen-bond acceptors (Lipinski definition) is 3. The van der Waals surface area contributed by atoms with Crippen LogP contribution in [0.25, 0.3) is 0 Å². The van der Waals surface area contributed by atoms with Gasteiger partial charge in [-0.15, -0.1) is 0 Å². The minimum Gasteiger partial charge on any atom is -0.393 e. The zero-order chi connectivity index (χ0) is 25.6. The summed E-state index contributed by atoms with van der Waals surface area (Å²) in [6.07, 6.45) is 9.70. The summed E-state index contributed by atoms with van der Waals surface area (Å²) < 4.78 is 0. The molecule has 12 unspecified atom stereocenters. The Hall–Kier alpha value is -0.380.